The number of thioether (sulfide) groups is 1. The Morgan fingerprint density at radius 2 is 1.76 bits per heavy atom. The van der Waals surface area contributed by atoms with E-state index in [4.69, 9.17) is 9.47 Å². The Morgan fingerprint density at radius 3 is 2.47 bits per heavy atom. The van der Waals surface area contributed by atoms with Crippen molar-refractivity contribution in [2.45, 2.75) is 13.5 Å². The van der Waals surface area contributed by atoms with Crippen LogP contribution in [-0.2, 0) is 11.4 Å². The second-order valence-corrected chi connectivity index (χ2v) is 9.08. The van der Waals surface area contributed by atoms with Gasteiger partial charge in [-0.2, -0.15) is 4.99 Å². The average molecular weight is 537 g/mol. The Bertz CT molecular complexity index is 1260. The summed E-state index contributed by atoms with van der Waals surface area (Å²) in [6.45, 7) is 2.75. The van der Waals surface area contributed by atoms with Crippen molar-refractivity contribution < 1.29 is 19.1 Å². The zero-order chi connectivity index (χ0) is 23.9. The predicted molar refractivity (Wildman–Crippen MR) is 138 cm³/mol. The maximum atomic E-state index is 12.5. The number of ether oxygens (including phenoxy) is 2. The number of benzene rings is 3. The summed E-state index contributed by atoms with van der Waals surface area (Å²) in [7, 11) is 0. The van der Waals surface area contributed by atoms with Crippen LogP contribution in [0.4, 0.5) is 0 Å². The third-order valence-corrected chi connectivity index (χ3v) is 6.23. The first-order chi connectivity index (χ1) is 16.5. The second kappa shape index (κ2) is 11.2. The number of nitrogens with one attached hydrogen (secondary N) is 1. The molecule has 1 N–H and O–H groups in total. The van der Waals surface area contributed by atoms with Gasteiger partial charge in [-0.1, -0.05) is 48.5 Å². The van der Waals surface area contributed by atoms with Gasteiger partial charge in [0, 0.05) is 5.56 Å². The quantitative estimate of drug-likeness (QED) is 0.384. The van der Waals surface area contributed by atoms with Gasteiger partial charge in [0.25, 0.3) is 11.8 Å². The van der Waals surface area contributed by atoms with Crippen LogP contribution in [0.1, 0.15) is 28.4 Å². The molecule has 34 heavy (non-hydrogen) atoms. The SMILES string of the molecule is CCOc1cc(/C=C2\SC(=NC(=O)c3ccccc3)NC2=O)cc(Br)c1OCc1ccccc1. The monoisotopic (exact) mass is 536 g/mol. The largest absolute Gasteiger partial charge is 0.490 e. The molecule has 0 unspecified atom stereocenters. The van der Waals surface area contributed by atoms with Crippen molar-refractivity contribution in [2.75, 3.05) is 6.61 Å². The summed E-state index contributed by atoms with van der Waals surface area (Å²) in [5.74, 6) is 0.428. The molecule has 1 heterocycles. The Balaban J connectivity index is 1.54. The molecule has 1 fully saturated rings. The third-order valence-electron chi connectivity index (χ3n) is 4.73. The summed E-state index contributed by atoms with van der Waals surface area (Å²) >= 11 is 4.68. The molecule has 0 atom stereocenters. The first kappa shape index (κ1) is 23.8. The van der Waals surface area contributed by atoms with Gasteiger partial charge >= 0.3 is 0 Å². The molecule has 2 amide bonds. The lowest BCUT2D eigenvalue weighted by molar-refractivity contribution is -0.115. The lowest BCUT2D eigenvalue weighted by atomic mass is 10.1. The molecule has 3 aromatic carbocycles. The lowest BCUT2D eigenvalue weighted by Crippen LogP contribution is -2.20. The van der Waals surface area contributed by atoms with E-state index in [2.05, 4.69) is 26.2 Å². The van der Waals surface area contributed by atoms with Gasteiger partial charge in [0.1, 0.15) is 6.61 Å². The second-order valence-electron chi connectivity index (χ2n) is 7.19. The highest BCUT2D eigenvalue weighted by Crippen LogP contribution is 2.39. The van der Waals surface area contributed by atoms with E-state index in [0.717, 1.165) is 22.9 Å². The molecular weight excluding hydrogens is 516 g/mol. The molecule has 8 heteroatoms. The zero-order valence-corrected chi connectivity index (χ0v) is 20.7. The van der Waals surface area contributed by atoms with Gasteiger partial charge < -0.3 is 14.8 Å². The van der Waals surface area contributed by atoms with Gasteiger partial charge in [0.05, 0.1) is 16.0 Å². The van der Waals surface area contributed by atoms with E-state index in [-0.39, 0.29) is 11.1 Å². The molecule has 1 aliphatic heterocycles. The predicted octanol–water partition coefficient (Wildman–Crippen LogP) is 5.83. The number of rotatable bonds is 7. The maximum Gasteiger partial charge on any atom is 0.279 e. The van der Waals surface area contributed by atoms with Crippen LogP contribution in [0.15, 0.2) is 87.2 Å². The lowest BCUT2D eigenvalue weighted by Gasteiger charge is -2.15. The highest BCUT2D eigenvalue weighted by molar-refractivity contribution is 9.10. The Labute approximate surface area is 210 Å². The molecule has 0 bridgehead atoms. The molecule has 0 aliphatic carbocycles. The highest BCUT2D eigenvalue weighted by atomic mass is 79.9. The molecule has 4 rings (SSSR count). The van der Waals surface area contributed by atoms with E-state index in [1.54, 1.807) is 30.3 Å². The number of aliphatic imine (C=N–C) groups is 1. The van der Waals surface area contributed by atoms with Gasteiger partial charge in [-0.3, -0.25) is 9.59 Å². The minimum Gasteiger partial charge on any atom is -0.490 e. The van der Waals surface area contributed by atoms with Crippen molar-refractivity contribution in [2.24, 2.45) is 4.99 Å². The Morgan fingerprint density at radius 1 is 1.06 bits per heavy atom. The van der Waals surface area contributed by atoms with Crippen molar-refractivity contribution in [1.82, 2.24) is 5.32 Å². The number of amidine groups is 1. The number of hydrogen-bond donors (Lipinski definition) is 1. The van der Waals surface area contributed by atoms with E-state index in [1.807, 2.05) is 55.5 Å². The van der Waals surface area contributed by atoms with Crippen LogP contribution in [0, 0.1) is 0 Å². The summed E-state index contributed by atoms with van der Waals surface area (Å²) in [4.78, 5) is 29.3. The minimum absolute atomic E-state index is 0.247. The van der Waals surface area contributed by atoms with Crippen LogP contribution in [-0.4, -0.2) is 23.6 Å². The number of halogens is 1. The summed E-state index contributed by atoms with van der Waals surface area (Å²) in [5, 5.41) is 2.89. The molecule has 3 aromatic rings. The van der Waals surface area contributed by atoms with Crippen molar-refractivity contribution in [3.8, 4) is 11.5 Å². The zero-order valence-electron chi connectivity index (χ0n) is 18.3. The molecule has 1 aliphatic rings. The van der Waals surface area contributed by atoms with E-state index >= 15 is 0 Å². The summed E-state index contributed by atoms with van der Waals surface area (Å²) in [5.41, 5.74) is 2.24. The fraction of sp³-hybridized carbons (Fsp3) is 0.115. The van der Waals surface area contributed by atoms with Crippen LogP contribution in [0.3, 0.4) is 0 Å². The summed E-state index contributed by atoms with van der Waals surface area (Å²) < 4.78 is 12.5. The van der Waals surface area contributed by atoms with E-state index in [1.165, 1.54) is 0 Å². The molecule has 0 radical (unpaired) electrons. The van der Waals surface area contributed by atoms with Crippen molar-refractivity contribution >= 4 is 50.7 Å². The van der Waals surface area contributed by atoms with Gasteiger partial charge in [0.2, 0.25) is 0 Å². The molecule has 0 saturated carbocycles. The molecule has 172 valence electrons. The van der Waals surface area contributed by atoms with Crippen LogP contribution < -0.4 is 14.8 Å². The average Bonchev–Trinajstić information content (AvgIpc) is 3.18. The number of nitrogens with zero attached hydrogens (tertiary/aromatic N) is 1. The van der Waals surface area contributed by atoms with Crippen LogP contribution >= 0.6 is 27.7 Å². The summed E-state index contributed by atoms with van der Waals surface area (Å²) in [6.07, 6.45) is 1.73. The first-order valence-corrected chi connectivity index (χ1v) is 12.2. The minimum atomic E-state index is -0.411. The van der Waals surface area contributed by atoms with E-state index in [9.17, 15) is 9.59 Å². The summed E-state index contributed by atoms with van der Waals surface area (Å²) in [6, 6.07) is 22.2. The number of carbonyl (C=O) groups excluding carboxylic acids is 2. The van der Waals surface area contributed by atoms with Crippen molar-refractivity contribution in [1.29, 1.82) is 0 Å². The fourth-order valence-electron chi connectivity index (χ4n) is 3.17. The van der Waals surface area contributed by atoms with Gasteiger partial charge in [-0.05, 0) is 76.1 Å². The Hall–Kier alpha value is -3.36. The van der Waals surface area contributed by atoms with Crippen LogP contribution in [0.5, 0.6) is 11.5 Å². The van der Waals surface area contributed by atoms with E-state index < -0.39 is 5.91 Å². The number of hydrogen-bond acceptors (Lipinski definition) is 5. The maximum absolute atomic E-state index is 12.5. The molecule has 6 nitrogen and oxygen atoms in total. The van der Waals surface area contributed by atoms with Gasteiger partial charge in [-0.25, -0.2) is 0 Å². The first-order valence-electron chi connectivity index (χ1n) is 10.6. The van der Waals surface area contributed by atoms with Crippen molar-refractivity contribution in [3.63, 3.8) is 0 Å². The molecule has 0 spiro atoms. The normalized spacial score (nSPS) is 15.4. The molecule has 1 saturated heterocycles. The van der Waals surface area contributed by atoms with E-state index in [0.29, 0.717) is 39.7 Å². The number of amides is 2. The fourth-order valence-corrected chi connectivity index (χ4v) is 4.57. The van der Waals surface area contributed by atoms with Crippen LogP contribution in [0.2, 0.25) is 0 Å². The third kappa shape index (κ3) is 5.95. The Kier molecular flexibility index (Phi) is 7.82. The van der Waals surface area contributed by atoms with Gasteiger partial charge in [-0.15, -0.1) is 0 Å². The molecular formula is C26H21BrN2O4S. The van der Waals surface area contributed by atoms with Crippen molar-refractivity contribution in [3.05, 3.63) is 98.9 Å². The topological polar surface area (TPSA) is 77.0 Å². The standard InChI is InChI=1S/C26H21BrN2O4S/c1-2-32-21-14-18(13-20(27)23(21)33-16-17-9-5-3-6-10-17)15-22-25(31)29-26(34-22)28-24(30)19-11-7-4-8-12-19/h3-15H,2,16H2,1H3,(H,28,29,30,31)/b22-15-. The smallest absolute Gasteiger partial charge is 0.279 e. The number of carbonyl (C=O) groups is 2. The highest BCUT2D eigenvalue weighted by Gasteiger charge is 2.25. The van der Waals surface area contributed by atoms with Gasteiger partial charge in [0.15, 0.2) is 16.7 Å². The van der Waals surface area contributed by atoms with Crippen LogP contribution in [0.25, 0.3) is 6.08 Å². The molecule has 0 aromatic heterocycles.